The molecule has 164 valence electrons. The number of anilines is 3. The van der Waals surface area contributed by atoms with Gasteiger partial charge in [-0.1, -0.05) is 0 Å². The van der Waals surface area contributed by atoms with Gasteiger partial charge in [0.1, 0.15) is 11.6 Å². The van der Waals surface area contributed by atoms with E-state index in [1.54, 1.807) is 11.4 Å². The van der Waals surface area contributed by atoms with E-state index in [1.165, 1.54) is 0 Å². The van der Waals surface area contributed by atoms with Crippen LogP contribution >= 0.6 is 10.8 Å². The first-order valence-electron chi connectivity index (χ1n) is 10.4. The number of methoxy groups -OCH3 is 1. The van der Waals surface area contributed by atoms with Crippen LogP contribution in [0, 0.1) is 13.8 Å². The fraction of sp³-hybridized carbons (Fsp3) is 0.364. The molecule has 2 aromatic heterocycles. The third-order valence-electron chi connectivity index (χ3n) is 5.95. The van der Waals surface area contributed by atoms with Crippen LogP contribution in [0.4, 0.5) is 17.3 Å². The minimum atomic E-state index is -2.76. The Bertz CT molecular complexity index is 1150. The fourth-order valence-corrected chi connectivity index (χ4v) is 6.01. The Balaban J connectivity index is 1.53. The molecule has 3 aromatic rings. The van der Waals surface area contributed by atoms with Crippen molar-refractivity contribution >= 4 is 28.1 Å². The van der Waals surface area contributed by atoms with E-state index < -0.39 is 10.8 Å². The number of pyridine rings is 1. The average molecular weight is 442 g/mol. The molecule has 0 spiro atoms. The second kappa shape index (κ2) is 7.44. The van der Waals surface area contributed by atoms with Gasteiger partial charge in [-0.05, 0) is 56.5 Å². The van der Waals surface area contributed by atoms with E-state index in [1.807, 2.05) is 42.1 Å². The Morgan fingerprint density at radius 1 is 1.06 bits per heavy atom. The summed E-state index contributed by atoms with van der Waals surface area (Å²) in [7, 11) is -1.08. The molecule has 8 nitrogen and oxygen atoms in total. The molecule has 5 rings (SSSR count). The predicted octanol–water partition coefficient (Wildman–Crippen LogP) is 4.46. The summed E-state index contributed by atoms with van der Waals surface area (Å²) in [6, 6.07) is 9.99. The molecular weight excluding hydrogens is 414 g/mol. The van der Waals surface area contributed by atoms with Crippen molar-refractivity contribution in [3.63, 3.8) is 0 Å². The summed E-state index contributed by atoms with van der Waals surface area (Å²) in [6.07, 6.45) is 3.51. The molecule has 0 saturated carbocycles. The van der Waals surface area contributed by atoms with Crippen LogP contribution in [0.3, 0.4) is 0 Å². The number of aromatic nitrogens is 3. The van der Waals surface area contributed by atoms with Gasteiger partial charge >= 0.3 is 0 Å². The SMILES string of the molecule is COc1ccc(N2CCc3c(-n4ccc(N5CCCS5(O)O)n4)cc(C)nc32)c(C)c1. The van der Waals surface area contributed by atoms with Gasteiger partial charge in [0.05, 0.1) is 18.6 Å². The summed E-state index contributed by atoms with van der Waals surface area (Å²) in [4.78, 5) is 7.11. The van der Waals surface area contributed by atoms with Crippen LogP contribution in [0.1, 0.15) is 23.2 Å². The van der Waals surface area contributed by atoms with Gasteiger partial charge in [0.2, 0.25) is 0 Å². The summed E-state index contributed by atoms with van der Waals surface area (Å²) in [6.45, 7) is 5.52. The van der Waals surface area contributed by atoms with E-state index in [2.05, 4.69) is 17.9 Å². The van der Waals surface area contributed by atoms with Crippen molar-refractivity contribution in [3.8, 4) is 11.4 Å². The average Bonchev–Trinajstić information content (AvgIpc) is 3.45. The van der Waals surface area contributed by atoms with Gasteiger partial charge in [-0.15, -0.1) is 15.9 Å². The highest BCUT2D eigenvalue weighted by atomic mass is 32.3. The van der Waals surface area contributed by atoms with Crippen LogP contribution in [0.25, 0.3) is 5.69 Å². The molecular formula is C22H27N5O3S. The van der Waals surface area contributed by atoms with Crippen LogP contribution in [0.5, 0.6) is 5.75 Å². The van der Waals surface area contributed by atoms with E-state index in [9.17, 15) is 9.11 Å². The van der Waals surface area contributed by atoms with Gasteiger partial charge in [-0.2, -0.15) is 0 Å². The van der Waals surface area contributed by atoms with Crippen molar-refractivity contribution < 1.29 is 13.8 Å². The topological polar surface area (TPSA) is 86.9 Å². The molecule has 2 N–H and O–H groups in total. The third-order valence-corrected chi connectivity index (χ3v) is 7.86. The van der Waals surface area contributed by atoms with Crippen LogP contribution < -0.4 is 13.9 Å². The molecule has 0 bridgehead atoms. The van der Waals surface area contributed by atoms with Gasteiger partial charge in [0, 0.05) is 42.3 Å². The van der Waals surface area contributed by atoms with E-state index in [0.717, 1.165) is 59.1 Å². The summed E-state index contributed by atoms with van der Waals surface area (Å²) in [5.74, 6) is 2.79. The number of aryl methyl sites for hydroxylation is 2. The zero-order chi connectivity index (χ0) is 21.8. The quantitative estimate of drug-likeness (QED) is 0.618. The maximum Gasteiger partial charge on any atom is 0.169 e. The van der Waals surface area contributed by atoms with Crippen LogP contribution in [0.15, 0.2) is 36.5 Å². The molecule has 9 heteroatoms. The molecule has 0 unspecified atom stereocenters. The number of ether oxygens (including phenoxy) is 1. The first-order valence-corrected chi connectivity index (χ1v) is 12.1. The summed E-state index contributed by atoms with van der Waals surface area (Å²) < 4.78 is 29.4. The van der Waals surface area contributed by atoms with Crippen LogP contribution in [0.2, 0.25) is 0 Å². The lowest BCUT2D eigenvalue weighted by molar-refractivity contribution is 0.414. The van der Waals surface area contributed by atoms with Crippen molar-refractivity contribution in [2.75, 3.05) is 35.2 Å². The Labute approximate surface area is 183 Å². The maximum absolute atomic E-state index is 10.3. The normalized spacial score (nSPS) is 18.4. The molecule has 1 saturated heterocycles. The van der Waals surface area contributed by atoms with E-state index in [4.69, 9.17) is 14.8 Å². The zero-order valence-electron chi connectivity index (χ0n) is 17.9. The molecule has 4 heterocycles. The second-order valence-electron chi connectivity index (χ2n) is 8.05. The lowest BCUT2D eigenvalue weighted by Gasteiger charge is -2.36. The lowest BCUT2D eigenvalue weighted by Crippen LogP contribution is -2.22. The maximum atomic E-state index is 10.3. The standard InChI is InChI=1S/C22H27N5O3S/c1-15-13-17(30-3)5-6-19(15)25-10-7-18-20(14-16(2)23-22(18)25)26-11-8-21(24-26)27-9-4-12-31(27,28)29/h5-6,8,11,13-14,28-29H,4,7,9-10,12H2,1-3H3. The van der Waals surface area contributed by atoms with Gasteiger partial charge < -0.3 is 9.64 Å². The smallest absolute Gasteiger partial charge is 0.169 e. The van der Waals surface area contributed by atoms with Crippen LogP contribution in [-0.2, 0) is 6.42 Å². The van der Waals surface area contributed by atoms with E-state index in [0.29, 0.717) is 18.1 Å². The van der Waals surface area contributed by atoms with Crippen molar-refractivity contribution in [2.24, 2.45) is 0 Å². The largest absolute Gasteiger partial charge is 0.497 e. The predicted molar refractivity (Wildman–Crippen MR) is 124 cm³/mol. The zero-order valence-corrected chi connectivity index (χ0v) is 18.8. The molecule has 0 radical (unpaired) electrons. The number of hydrogen-bond acceptors (Lipinski definition) is 7. The number of nitrogens with zero attached hydrogens (tertiary/aromatic N) is 5. The minimum absolute atomic E-state index is 0.403. The molecule has 2 aliphatic rings. The van der Waals surface area contributed by atoms with Crippen molar-refractivity contribution in [1.29, 1.82) is 0 Å². The Hall–Kier alpha value is -2.75. The highest BCUT2D eigenvalue weighted by Gasteiger charge is 2.31. The lowest BCUT2D eigenvalue weighted by atomic mass is 10.1. The van der Waals surface area contributed by atoms with E-state index >= 15 is 0 Å². The number of hydrogen-bond donors (Lipinski definition) is 2. The van der Waals surface area contributed by atoms with Gasteiger partial charge in [0.25, 0.3) is 0 Å². The summed E-state index contributed by atoms with van der Waals surface area (Å²) in [5.41, 5.74) is 5.30. The van der Waals surface area contributed by atoms with Gasteiger partial charge in [0.15, 0.2) is 5.82 Å². The highest BCUT2D eigenvalue weighted by Crippen LogP contribution is 2.50. The van der Waals surface area contributed by atoms with Crippen molar-refractivity contribution in [2.45, 2.75) is 26.7 Å². The monoisotopic (exact) mass is 441 g/mol. The molecule has 0 aliphatic carbocycles. The Morgan fingerprint density at radius 2 is 1.90 bits per heavy atom. The first kappa shape index (κ1) is 20.2. The number of benzene rings is 1. The molecule has 31 heavy (non-hydrogen) atoms. The molecule has 1 aromatic carbocycles. The Kier molecular flexibility index (Phi) is 4.84. The van der Waals surface area contributed by atoms with Crippen molar-refractivity contribution in [1.82, 2.24) is 14.8 Å². The highest BCUT2D eigenvalue weighted by molar-refractivity contribution is 8.25. The Morgan fingerprint density at radius 3 is 2.61 bits per heavy atom. The molecule has 1 fully saturated rings. The molecule has 0 atom stereocenters. The van der Waals surface area contributed by atoms with Crippen LogP contribution in [-0.4, -0.2) is 49.8 Å². The number of fused-ring (bicyclic) bond motifs is 1. The van der Waals surface area contributed by atoms with Gasteiger partial charge in [-0.3, -0.25) is 13.4 Å². The fourth-order valence-electron chi connectivity index (χ4n) is 4.46. The molecule has 0 amide bonds. The minimum Gasteiger partial charge on any atom is -0.497 e. The summed E-state index contributed by atoms with van der Waals surface area (Å²) in [5, 5.41) is 4.70. The first-order chi connectivity index (χ1) is 14.9. The van der Waals surface area contributed by atoms with Crippen molar-refractivity contribution in [3.05, 3.63) is 53.3 Å². The molecule has 2 aliphatic heterocycles. The third kappa shape index (κ3) is 3.42. The van der Waals surface area contributed by atoms with E-state index in [-0.39, 0.29) is 0 Å². The number of rotatable bonds is 4. The second-order valence-corrected chi connectivity index (χ2v) is 10.2. The van der Waals surface area contributed by atoms with Gasteiger partial charge in [-0.25, -0.2) is 9.67 Å². The summed E-state index contributed by atoms with van der Waals surface area (Å²) >= 11 is 0.